The van der Waals surface area contributed by atoms with Gasteiger partial charge in [0.15, 0.2) is 0 Å². The predicted molar refractivity (Wildman–Crippen MR) is 141 cm³/mol. The number of nitrogens with one attached hydrogen (secondary N) is 1. The van der Waals surface area contributed by atoms with Crippen LogP contribution in [0.25, 0.3) is 11.3 Å². The number of carbonyl (C=O) groups excluding carboxylic acids is 1. The van der Waals surface area contributed by atoms with Gasteiger partial charge in [0.1, 0.15) is 17.6 Å². The Morgan fingerprint density at radius 3 is 2.61 bits per heavy atom. The molecule has 2 aromatic carbocycles. The van der Waals surface area contributed by atoms with Crippen LogP contribution in [0.3, 0.4) is 0 Å². The molecule has 186 valence electrons. The van der Waals surface area contributed by atoms with E-state index in [2.05, 4.69) is 36.5 Å². The van der Waals surface area contributed by atoms with Crippen LogP contribution in [0.15, 0.2) is 60.7 Å². The molecule has 0 bridgehead atoms. The van der Waals surface area contributed by atoms with Crippen LogP contribution in [0.1, 0.15) is 47.6 Å². The van der Waals surface area contributed by atoms with Crippen molar-refractivity contribution in [3.8, 4) is 11.3 Å². The van der Waals surface area contributed by atoms with Gasteiger partial charge in [0, 0.05) is 24.4 Å². The van der Waals surface area contributed by atoms with E-state index in [9.17, 15) is 14.7 Å². The summed E-state index contributed by atoms with van der Waals surface area (Å²) in [6.45, 7) is 4.24. The number of fused-ring (bicyclic) bond motifs is 1. The molecule has 0 spiro atoms. The minimum Gasteiger partial charge on any atom is -0.480 e. The lowest BCUT2D eigenvalue weighted by Gasteiger charge is -2.35. The normalized spacial score (nSPS) is 17.1. The number of piperidine rings is 1. The topological polar surface area (TPSA) is 82.5 Å². The van der Waals surface area contributed by atoms with Gasteiger partial charge in [0.2, 0.25) is 0 Å². The zero-order chi connectivity index (χ0) is 25.1. The zero-order valence-electron chi connectivity index (χ0n) is 20.7. The number of nitrogens with zero attached hydrogens (tertiary/aromatic N) is 2. The Morgan fingerprint density at radius 1 is 1.08 bits per heavy atom. The van der Waals surface area contributed by atoms with Gasteiger partial charge in [-0.25, -0.2) is 4.98 Å². The number of carboxylic acids is 1. The van der Waals surface area contributed by atoms with Gasteiger partial charge in [-0.1, -0.05) is 48.5 Å². The molecule has 2 N–H and O–H groups in total. The number of hydrogen-bond donors (Lipinski definition) is 2. The number of rotatable bonds is 7. The number of Topliss-reactive ketones (excluding diaryl/α,β-unsaturated/α-hetero) is 1. The fourth-order valence-corrected chi connectivity index (χ4v) is 5.50. The van der Waals surface area contributed by atoms with Gasteiger partial charge in [0.05, 0.1) is 5.69 Å². The molecule has 6 nitrogen and oxygen atoms in total. The molecule has 2 aliphatic heterocycles. The fraction of sp³-hybridized carbons (Fsp3) is 0.367. The van der Waals surface area contributed by atoms with Gasteiger partial charge < -0.3 is 10.4 Å². The molecule has 0 radical (unpaired) electrons. The first-order chi connectivity index (χ1) is 17.5. The first-order valence-electron chi connectivity index (χ1n) is 12.9. The number of carbonyl (C=O) groups is 2. The molecule has 36 heavy (non-hydrogen) atoms. The summed E-state index contributed by atoms with van der Waals surface area (Å²) in [5, 5.41) is 13.2. The fourth-order valence-electron chi connectivity index (χ4n) is 5.50. The molecule has 0 saturated carbocycles. The van der Waals surface area contributed by atoms with E-state index in [-0.39, 0.29) is 11.7 Å². The van der Waals surface area contributed by atoms with Crippen molar-refractivity contribution in [2.45, 2.75) is 45.1 Å². The van der Waals surface area contributed by atoms with Gasteiger partial charge in [-0.05, 0) is 80.1 Å². The summed E-state index contributed by atoms with van der Waals surface area (Å²) < 4.78 is 0. The Balaban J connectivity index is 1.25. The van der Waals surface area contributed by atoms with Crippen LogP contribution in [0.4, 0.5) is 5.82 Å². The molecule has 1 fully saturated rings. The van der Waals surface area contributed by atoms with Crippen molar-refractivity contribution >= 4 is 17.6 Å². The van der Waals surface area contributed by atoms with Crippen molar-refractivity contribution in [1.29, 1.82) is 0 Å². The minimum absolute atomic E-state index is 0.0395. The summed E-state index contributed by atoms with van der Waals surface area (Å²) >= 11 is 0. The van der Waals surface area contributed by atoms with Gasteiger partial charge in [-0.3, -0.25) is 14.5 Å². The number of pyridine rings is 1. The van der Waals surface area contributed by atoms with Crippen LogP contribution in [-0.2, 0) is 22.4 Å². The molecule has 1 aromatic heterocycles. The molecule has 1 unspecified atom stereocenters. The third-order valence-corrected chi connectivity index (χ3v) is 7.55. The molecule has 3 heterocycles. The molecule has 0 amide bonds. The zero-order valence-corrected chi connectivity index (χ0v) is 20.7. The largest absolute Gasteiger partial charge is 0.480 e. The second-order valence-electron chi connectivity index (χ2n) is 9.99. The summed E-state index contributed by atoms with van der Waals surface area (Å²) in [5.41, 5.74) is 6.19. The van der Waals surface area contributed by atoms with E-state index in [1.165, 1.54) is 5.56 Å². The molecule has 3 aromatic rings. The second kappa shape index (κ2) is 10.6. The van der Waals surface area contributed by atoms with Crippen LogP contribution in [0.2, 0.25) is 0 Å². The number of aliphatic carboxylic acids is 1. The smallest absolute Gasteiger partial charge is 0.325 e. The minimum atomic E-state index is -0.843. The Bertz CT molecular complexity index is 1250. The van der Waals surface area contributed by atoms with Crippen molar-refractivity contribution in [2.75, 3.05) is 25.0 Å². The maximum absolute atomic E-state index is 13.2. The maximum Gasteiger partial charge on any atom is 0.325 e. The molecular formula is C30H33N3O3. The number of ketones is 1. The number of likely N-dealkylation sites (tertiary alicyclic amines) is 1. The van der Waals surface area contributed by atoms with Crippen LogP contribution >= 0.6 is 0 Å². The van der Waals surface area contributed by atoms with Crippen molar-refractivity contribution < 1.29 is 14.7 Å². The maximum atomic E-state index is 13.2. The Kier molecular flexibility index (Phi) is 7.14. The van der Waals surface area contributed by atoms with Crippen LogP contribution in [0.5, 0.6) is 0 Å². The van der Waals surface area contributed by atoms with E-state index in [1.807, 2.05) is 41.3 Å². The Labute approximate surface area is 212 Å². The van der Waals surface area contributed by atoms with Crippen molar-refractivity contribution in [1.82, 2.24) is 9.88 Å². The van der Waals surface area contributed by atoms with Gasteiger partial charge in [-0.15, -0.1) is 0 Å². The lowest BCUT2D eigenvalue weighted by atomic mass is 9.87. The van der Waals surface area contributed by atoms with E-state index < -0.39 is 12.0 Å². The SMILES string of the molecule is Cc1ccc(CC(=O)C2CCN(C(C(=O)O)c3ccccc3)CC2)cc1-c1ccc2c(n1)NCCC2. The van der Waals surface area contributed by atoms with Gasteiger partial charge >= 0.3 is 5.97 Å². The number of anilines is 1. The molecule has 6 heteroatoms. The first-order valence-corrected chi connectivity index (χ1v) is 12.9. The highest BCUT2D eigenvalue weighted by Crippen LogP contribution is 2.30. The molecule has 1 saturated heterocycles. The van der Waals surface area contributed by atoms with E-state index in [0.717, 1.165) is 53.2 Å². The summed E-state index contributed by atoms with van der Waals surface area (Å²) in [7, 11) is 0. The average molecular weight is 484 g/mol. The van der Waals surface area contributed by atoms with E-state index >= 15 is 0 Å². The van der Waals surface area contributed by atoms with E-state index in [0.29, 0.717) is 32.4 Å². The highest BCUT2D eigenvalue weighted by Gasteiger charge is 2.32. The van der Waals surface area contributed by atoms with Crippen molar-refractivity contribution in [3.63, 3.8) is 0 Å². The molecule has 0 aliphatic carbocycles. The lowest BCUT2D eigenvalue weighted by Crippen LogP contribution is -2.41. The van der Waals surface area contributed by atoms with Gasteiger partial charge in [-0.2, -0.15) is 0 Å². The standard InChI is InChI=1S/C30H33N3O3/c1-20-9-10-21(18-25(20)26-12-11-24-8-5-15-31-29(24)32-26)19-27(34)22-13-16-33(17-14-22)28(30(35)36)23-6-3-2-4-7-23/h2-4,6-7,9-12,18,22,28H,5,8,13-17,19H2,1H3,(H,31,32)(H,35,36). The lowest BCUT2D eigenvalue weighted by molar-refractivity contribution is -0.144. The van der Waals surface area contributed by atoms with Crippen molar-refractivity contribution in [3.05, 3.63) is 82.9 Å². The number of hydrogen-bond acceptors (Lipinski definition) is 5. The predicted octanol–water partition coefficient (Wildman–Crippen LogP) is 5.06. The molecular weight excluding hydrogens is 450 g/mol. The molecule has 2 aliphatic rings. The van der Waals surface area contributed by atoms with Gasteiger partial charge in [0.25, 0.3) is 0 Å². The molecule has 1 atom stereocenters. The summed E-state index contributed by atoms with van der Waals surface area (Å²) in [6, 6.07) is 19.2. The summed E-state index contributed by atoms with van der Waals surface area (Å²) in [6.07, 6.45) is 3.95. The Hall–Kier alpha value is -3.51. The van der Waals surface area contributed by atoms with Crippen LogP contribution in [0, 0.1) is 12.8 Å². The highest BCUT2D eigenvalue weighted by atomic mass is 16.4. The highest BCUT2D eigenvalue weighted by molar-refractivity contribution is 5.84. The van der Waals surface area contributed by atoms with E-state index in [4.69, 9.17) is 4.98 Å². The first kappa shape index (κ1) is 24.2. The number of aromatic nitrogens is 1. The molecule has 5 rings (SSSR count). The number of carboxylic acid groups (broad SMARTS) is 1. The van der Waals surface area contributed by atoms with Crippen molar-refractivity contribution in [2.24, 2.45) is 5.92 Å². The van der Waals surface area contributed by atoms with Crippen LogP contribution < -0.4 is 5.32 Å². The Morgan fingerprint density at radius 2 is 1.86 bits per heavy atom. The third kappa shape index (κ3) is 5.19. The number of aryl methyl sites for hydroxylation is 2. The van der Waals surface area contributed by atoms with E-state index in [1.54, 1.807) is 0 Å². The average Bonchev–Trinajstić information content (AvgIpc) is 2.90. The quantitative estimate of drug-likeness (QED) is 0.489. The number of benzene rings is 2. The third-order valence-electron chi connectivity index (χ3n) is 7.55. The summed E-state index contributed by atoms with van der Waals surface area (Å²) in [4.78, 5) is 32.1. The monoisotopic (exact) mass is 483 g/mol. The van der Waals surface area contributed by atoms with Crippen LogP contribution in [-0.4, -0.2) is 46.4 Å². The summed E-state index contributed by atoms with van der Waals surface area (Å²) in [5.74, 6) is 0.323. The second-order valence-corrected chi connectivity index (χ2v) is 9.99.